The Morgan fingerprint density at radius 2 is 1.89 bits per heavy atom. The van der Waals surface area contributed by atoms with Crippen LogP contribution in [0.5, 0.6) is 5.75 Å². The van der Waals surface area contributed by atoms with E-state index in [2.05, 4.69) is 15.0 Å². The number of nitriles is 1. The molecule has 0 atom stereocenters. The normalized spacial score (nSPS) is 9.74. The van der Waals surface area contributed by atoms with Gasteiger partial charge < -0.3 is 15.4 Å². The molecule has 7 nitrogen and oxygen atoms in total. The molecule has 0 fully saturated rings. The average Bonchev–Trinajstić information content (AvgIpc) is 2.46. The minimum atomic E-state index is -0.0112. The molecular formula is C12H12N6O. The summed E-state index contributed by atoms with van der Waals surface area (Å²) in [4.78, 5) is 13.4. The standard InChI is InChI=1S/C12H12N6O/c1-18(8-3-5-9(19-2)6-4-8)12-16-10(7-13)15-11(14)17-12/h3-6H,1-2H3,(H2,14,15,16,17). The van der Waals surface area contributed by atoms with Gasteiger partial charge in [-0.1, -0.05) is 0 Å². The number of ether oxygens (including phenoxy) is 1. The Bertz CT molecular complexity index is 619. The summed E-state index contributed by atoms with van der Waals surface area (Å²) in [7, 11) is 3.38. The highest BCUT2D eigenvalue weighted by Gasteiger charge is 2.10. The number of nitrogens with zero attached hydrogens (tertiary/aromatic N) is 5. The number of hydrogen-bond donors (Lipinski definition) is 1. The zero-order valence-corrected chi connectivity index (χ0v) is 10.5. The molecule has 1 heterocycles. The van der Waals surface area contributed by atoms with Crippen LogP contribution in [0, 0.1) is 11.3 Å². The lowest BCUT2D eigenvalue weighted by Gasteiger charge is -2.17. The Morgan fingerprint density at radius 1 is 1.21 bits per heavy atom. The van der Waals surface area contributed by atoms with Gasteiger partial charge in [-0.2, -0.15) is 20.2 Å². The van der Waals surface area contributed by atoms with Crippen LogP contribution in [0.3, 0.4) is 0 Å². The van der Waals surface area contributed by atoms with Crippen molar-refractivity contribution >= 4 is 17.6 Å². The molecule has 0 saturated carbocycles. The van der Waals surface area contributed by atoms with E-state index < -0.39 is 0 Å². The van der Waals surface area contributed by atoms with Gasteiger partial charge in [0.1, 0.15) is 11.8 Å². The van der Waals surface area contributed by atoms with Crippen LogP contribution in [0.2, 0.25) is 0 Å². The Balaban J connectivity index is 2.35. The van der Waals surface area contributed by atoms with Gasteiger partial charge in [0.05, 0.1) is 7.11 Å². The van der Waals surface area contributed by atoms with Crippen molar-refractivity contribution in [2.24, 2.45) is 0 Å². The molecule has 0 saturated heterocycles. The van der Waals surface area contributed by atoms with Gasteiger partial charge in [0.15, 0.2) is 0 Å². The lowest BCUT2D eigenvalue weighted by atomic mass is 10.3. The highest BCUT2D eigenvalue weighted by molar-refractivity contribution is 5.58. The molecule has 1 aromatic carbocycles. The molecule has 7 heteroatoms. The second-order valence-corrected chi connectivity index (χ2v) is 3.69. The minimum Gasteiger partial charge on any atom is -0.497 e. The van der Waals surface area contributed by atoms with E-state index >= 15 is 0 Å². The number of nitrogen functional groups attached to an aromatic ring is 1. The molecule has 2 aromatic rings. The molecule has 0 bridgehead atoms. The van der Waals surface area contributed by atoms with E-state index in [1.807, 2.05) is 30.3 Å². The third-order valence-electron chi connectivity index (χ3n) is 2.50. The number of nitrogens with two attached hydrogens (primary N) is 1. The van der Waals surface area contributed by atoms with Crippen molar-refractivity contribution in [1.82, 2.24) is 15.0 Å². The van der Waals surface area contributed by atoms with E-state index in [0.29, 0.717) is 5.95 Å². The van der Waals surface area contributed by atoms with E-state index in [4.69, 9.17) is 15.7 Å². The number of rotatable bonds is 3. The number of anilines is 3. The molecule has 0 radical (unpaired) electrons. The van der Waals surface area contributed by atoms with Gasteiger partial charge in [-0.3, -0.25) is 0 Å². The van der Waals surface area contributed by atoms with Gasteiger partial charge in [0, 0.05) is 12.7 Å². The zero-order chi connectivity index (χ0) is 13.8. The largest absolute Gasteiger partial charge is 0.497 e. The Labute approximate surface area is 110 Å². The van der Waals surface area contributed by atoms with Gasteiger partial charge in [-0.25, -0.2) is 0 Å². The maximum Gasteiger partial charge on any atom is 0.238 e. The second-order valence-electron chi connectivity index (χ2n) is 3.69. The first-order chi connectivity index (χ1) is 9.13. The Kier molecular flexibility index (Phi) is 3.43. The van der Waals surface area contributed by atoms with Gasteiger partial charge in [-0.05, 0) is 24.3 Å². The first-order valence-electron chi connectivity index (χ1n) is 5.43. The number of methoxy groups -OCH3 is 1. The molecule has 0 aliphatic heterocycles. The van der Waals surface area contributed by atoms with E-state index in [1.165, 1.54) is 0 Å². The fourth-order valence-corrected chi connectivity index (χ4v) is 1.50. The van der Waals surface area contributed by atoms with E-state index in [0.717, 1.165) is 11.4 Å². The van der Waals surface area contributed by atoms with E-state index in [1.54, 1.807) is 19.1 Å². The molecule has 0 amide bonds. The summed E-state index contributed by atoms with van der Waals surface area (Å²) in [6, 6.07) is 9.19. The third kappa shape index (κ3) is 2.69. The summed E-state index contributed by atoms with van der Waals surface area (Å²) in [6.07, 6.45) is 0. The van der Waals surface area contributed by atoms with Crippen LogP contribution in [0.15, 0.2) is 24.3 Å². The smallest absolute Gasteiger partial charge is 0.238 e. The van der Waals surface area contributed by atoms with Gasteiger partial charge in [-0.15, -0.1) is 0 Å². The lowest BCUT2D eigenvalue weighted by molar-refractivity contribution is 0.415. The Hall–Kier alpha value is -2.88. The van der Waals surface area contributed by atoms with Crippen molar-refractivity contribution in [3.05, 3.63) is 30.1 Å². The van der Waals surface area contributed by atoms with Gasteiger partial charge >= 0.3 is 0 Å². The monoisotopic (exact) mass is 256 g/mol. The van der Waals surface area contributed by atoms with Crippen LogP contribution in [0.25, 0.3) is 0 Å². The van der Waals surface area contributed by atoms with Crippen LogP contribution in [-0.4, -0.2) is 29.1 Å². The second kappa shape index (κ2) is 5.18. The summed E-state index contributed by atoms with van der Waals surface area (Å²) >= 11 is 0. The van der Waals surface area contributed by atoms with E-state index in [9.17, 15) is 0 Å². The zero-order valence-electron chi connectivity index (χ0n) is 10.5. The van der Waals surface area contributed by atoms with Crippen molar-refractivity contribution in [3.8, 4) is 11.8 Å². The first-order valence-corrected chi connectivity index (χ1v) is 5.43. The molecule has 2 rings (SSSR count). The predicted octanol–water partition coefficient (Wildman–Crippen LogP) is 1.10. The lowest BCUT2D eigenvalue weighted by Crippen LogP contribution is -2.15. The maximum absolute atomic E-state index is 8.81. The third-order valence-corrected chi connectivity index (χ3v) is 2.50. The number of aromatic nitrogens is 3. The van der Waals surface area contributed by atoms with E-state index in [-0.39, 0.29) is 11.8 Å². The molecule has 2 N–H and O–H groups in total. The van der Waals surface area contributed by atoms with Crippen molar-refractivity contribution in [1.29, 1.82) is 5.26 Å². The Morgan fingerprint density at radius 3 is 2.47 bits per heavy atom. The van der Waals surface area contributed by atoms with Crippen LogP contribution in [0.4, 0.5) is 17.6 Å². The van der Waals surface area contributed by atoms with Crippen molar-refractivity contribution in [2.75, 3.05) is 24.8 Å². The molecule has 0 aliphatic carbocycles. The molecular weight excluding hydrogens is 244 g/mol. The van der Waals surface area contributed by atoms with Crippen LogP contribution in [-0.2, 0) is 0 Å². The average molecular weight is 256 g/mol. The molecule has 1 aromatic heterocycles. The highest BCUT2D eigenvalue weighted by atomic mass is 16.5. The van der Waals surface area contributed by atoms with Gasteiger partial charge in [0.25, 0.3) is 0 Å². The van der Waals surface area contributed by atoms with Crippen LogP contribution < -0.4 is 15.4 Å². The molecule has 96 valence electrons. The number of hydrogen-bond acceptors (Lipinski definition) is 7. The first kappa shape index (κ1) is 12.6. The fourth-order valence-electron chi connectivity index (χ4n) is 1.50. The summed E-state index contributed by atoms with van der Waals surface area (Å²) in [6.45, 7) is 0. The SMILES string of the molecule is COc1ccc(N(C)c2nc(N)nc(C#N)n2)cc1. The molecule has 0 spiro atoms. The summed E-state index contributed by atoms with van der Waals surface area (Å²) < 4.78 is 5.09. The topological polar surface area (TPSA) is 101 Å². The maximum atomic E-state index is 8.81. The molecule has 0 unspecified atom stereocenters. The van der Waals surface area contributed by atoms with Crippen LogP contribution >= 0.6 is 0 Å². The van der Waals surface area contributed by atoms with Crippen molar-refractivity contribution in [3.63, 3.8) is 0 Å². The summed E-state index contributed by atoms with van der Waals surface area (Å²) in [5, 5.41) is 8.81. The fraction of sp³-hybridized carbons (Fsp3) is 0.167. The molecule has 0 aliphatic rings. The van der Waals surface area contributed by atoms with Gasteiger partial charge in [0.2, 0.25) is 17.7 Å². The summed E-state index contributed by atoms with van der Waals surface area (Å²) in [5.41, 5.74) is 6.38. The number of benzene rings is 1. The quantitative estimate of drug-likeness (QED) is 0.877. The van der Waals surface area contributed by atoms with Crippen molar-refractivity contribution < 1.29 is 4.74 Å². The summed E-state index contributed by atoms with van der Waals surface area (Å²) in [5.74, 6) is 1.07. The predicted molar refractivity (Wildman–Crippen MR) is 70.0 cm³/mol. The van der Waals surface area contributed by atoms with Crippen LogP contribution in [0.1, 0.15) is 5.82 Å². The van der Waals surface area contributed by atoms with Crippen molar-refractivity contribution in [2.45, 2.75) is 0 Å². The highest BCUT2D eigenvalue weighted by Crippen LogP contribution is 2.23. The minimum absolute atomic E-state index is 0.0112. The molecule has 19 heavy (non-hydrogen) atoms.